The molecule has 0 saturated heterocycles. The van der Waals surface area contributed by atoms with E-state index in [0.717, 1.165) is 22.6 Å². The van der Waals surface area contributed by atoms with E-state index >= 15 is 0 Å². The number of aryl methyl sites for hydroxylation is 1. The first-order chi connectivity index (χ1) is 9.78. The van der Waals surface area contributed by atoms with Gasteiger partial charge < -0.3 is 14.8 Å². The van der Waals surface area contributed by atoms with Gasteiger partial charge in [-0.15, -0.1) is 0 Å². The second-order valence-corrected chi connectivity index (χ2v) is 4.70. The summed E-state index contributed by atoms with van der Waals surface area (Å²) < 4.78 is 3.79. The van der Waals surface area contributed by atoms with Crippen LogP contribution in [-0.2, 0) is 13.1 Å². The normalized spacial score (nSPS) is 11.1. The van der Waals surface area contributed by atoms with Crippen molar-refractivity contribution in [3.63, 3.8) is 0 Å². The van der Waals surface area contributed by atoms with Gasteiger partial charge in [0.1, 0.15) is 5.65 Å². The molecule has 0 spiro atoms. The first kappa shape index (κ1) is 12.7. The van der Waals surface area contributed by atoms with Crippen molar-refractivity contribution in [1.82, 2.24) is 19.2 Å². The Kier molecular flexibility index (Phi) is 3.39. The number of rotatable bonds is 5. The first-order valence-electron chi connectivity index (χ1n) is 6.56. The fourth-order valence-corrected chi connectivity index (χ4v) is 2.21. The molecule has 6 nitrogen and oxygen atoms in total. The number of nitrogens with zero attached hydrogens (tertiary/aromatic N) is 4. The molecule has 3 aromatic heterocycles. The van der Waals surface area contributed by atoms with Gasteiger partial charge in [-0.1, -0.05) is 6.07 Å². The number of aliphatic hydroxyl groups is 1. The van der Waals surface area contributed by atoms with Crippen molar-refractivity contribution in [3.8, 4) is 0 Å². The lowest BCUT2D eigenvalue weighted by Gasteiger charge is -2.04. The lowest BCUT2D eigenvalue weighted by molar-refractivity contribution is 0.269. The van der Waals surface area contributed by atoms with E-state index in [1.165, 1.54) is 0 Å². The molecule has 0 amide bonds. The van der Waals surface area contributed by atoms with Gasteiger partial charge >= 0.3 is 0 Å². The fourth-order valence-electron chi connectivity index (χ4n) is 2.21. The molecule has 2 N–H and O–H groups in total. The third-order valence-electron chi connectivity index (χ3n) is 3.24. The standard InChI is InChI=1S/C14H17N5O/c1-11-3-2-4-19-13(9-16-14(11)19)8-15-12-7-17-18(10-12)5-6-20/h2-4,7,9-10,15,20H,5-6,8H2,1H3. The van der Waals surface area contributed by atoms with Gasteiger partial charge in [0.05, 0.1) is 43.5 Å². The number of fused-ring (bicyclic) bond motifs is 1. The number of aromatic nitrogens is 4. The van der Waals surface area contributed by atoms with Gasteiger partial charge in [0, 0.05) is 12.4 Å². The Morgan fingerprint density at radius 3 is 3.10 bits per heavy atom. The summed E-state index contributed by atoms with van der Waals surface area (Å²) in [5.41, 5.74) is 4.18. The van der Waals surface area contributed by atoms with E-state index < -0.39 is 0 Å². The number of anilines is 1. The molecule has 0 unspecified atom stereocenters. The van der Waals surface area contributed by atoms with Crippen molar-refractivity contribution in [2.45, 2.75) is 20.0 Å². The Bertz CT molecular complexity index is 715. The molecular formula is C14H17N5O. The van der Waals surface area contributed by atoms with E-state index in [1.807, 2.05) is 24.7 Å². The second-order valence-electron chi connectivity index (χ2n) is 4.70. The first-order valence-corrected chi connectivity index (χ1v) is 6.56. The number of pyridine rings is 1. The largest absolute Gasteiger partial charge is 0.394 e. The van der Waals surface area contributed by atoms with Crippen LogP contribution in [0, 0.1) is 6.92 Å². The summed E-state index contributed by atoms with van der Waals surface area (Å²) in [6.07, 6.45) is 7.53. The molecule has 3 rings (SSSR count). The summed E-state index contributed by atoms with van der Waals surface area (Å²) in [5.74, 6) is 0. The summed E-state index contributed by atoms with van der Waals surface area (Å²) in [6.45, 7) is 3.33. The Morgan fingerprint density at radius 1 is 1.35 bits per heavy atom. The average Bonchev–Trinajstić information content (AvgIpc) is 3.04. The van der Waals surface area contributed by atoms with Gasteiger partial charge in [-0.3, -0.25) is 4.68 Å². The molecule has 3 aromatic rings. The molecule has 3 heterocycles. The van der Waals surface area contributed by atoms with Crippen LogP contribution in [0.4, 0.5) is 5.69 Å². The molecular weight excluding hydrogens is 254 g/mol. The molecule has 0 aliphatic rings. The third kappa shape index (κ3) is 2.37. The highest BCUT2D eigenvalue weighted by Gasteiger charge is 2.05. The Balaban J connectivity index is 1.74. The van der Waals surface area contributed by atoms with Crippen LogP contribution >= 0.6 is 0 Å². The van der Waals surface area contributed by atoms with E-state index in [9.17, 15) is 0 Å². The van der Waals surface area contributed by atoms with Crippen LogP contribution in [0.3, 0.4) is 0 Å². The summed E-state index contributed by atoms with van der Waals surface area (Å²) in [5, 5.41) is 16.3. The molecule has 0 aromatic carbocycles. The van der Waals surface area contributed by atoms with Crippen LogP contribution in [0.15, 0.2) is 36.9 Å². The average molecular weight is 271 g/mol. The third-order valence-corrected chi connectivity index (χ3v) is 3.24. The molecule has 0 bridgehead atoms. The summed E-state index contributed by atoms with van der Waals surface area (Å²) >= 11 is 0. The highest BCUT2D eigenvalue weighted by atomic mass is 16.3. The summed E-state index contributed by atoms with van der Waals surface area (Å²) in [7, 11) is 0. The second kappa shape index (κ2) is 5.34. The van der Waals surface area contributed by atoms with Gasteiger partial charge in [0.25, 0.3) is 0 Å². The minimum Gasteiger partial charge on any atom is -0.394 e. The summed E-state index contributed by atoms with van der Waals surface area (Å²) in [6, 6.07) is 4.07. The van der Waals surface area contributed by atoms with Gasteiger partial charge in [-0.05, 0) is 18.6 Å². The van der Waals surface area contributed by atoms with Crippen LogP contribution in [0.2, 0.25) is 0 Å². The molecule has 0 atom stereocenters. The van der Waals surface area contributed by atoms with Gasteiger partial charge in [0.15, 0.2) is 0 Å². The molecule has 0 aliphatic carbocycles. The zero-order chi connectivity index (χ0) is 13.9. The van der Waals surface area contributed by atoms with E-state index in [2.05, 4.69) is 32.8 Å². The molecule has 0 fully saturated rings. The smallest absolute Gasteiger partial charge is 0.139 e. The van der Waals surface area contributed by atoms with Crippen molar-refractivity contribution in [2.24, 2.45) is 0 Å². The fraction of sp³-hybridized carbons (Fsp3) is 0.286. The van der Waals surface area contributed by atoms with Crippen LogP contribution in [-0.4, -0.2) is 30.9 Å². The maximum Gasteiger partial charge on any atom is 0.139 e. The van der Waals surface area contributed by atoms with Gasteiger partial charge in [-0.2, -0.15) is 5.10 Å². The lowest BCUT2D eigenvalue weighted by Crippen LogP contribution is -2.03. The maximum absolute atomic E-state index is 8.86. The van der Waals surface area contributed by atoms with Gasteiger partial charge in [0.2, 0.25) is 0 Å². The maximum atomic E-state index is 8.86. The molecule has 0 saturated carbocycles. The minimum absolute atomic E-state index is 0.0909. The van der Waals surface area contributed by atoms with Crippen molar-refractivity contribution >= 4 is 11.3 Å². The monoisotopic (exact) mass is 271 g/mol. The van der Waals surface area contributed by atoms with E-state index in [0.29, 0.717) is 13.1 Å². The lowest BCUT2D eigenvalue weighted by atomic mass is 10.3. The number of imidazole rings is 1. The van der Waals surface area contributed by atoms with Crippen molar-refractivity contribution in [3.05, 3.63) is 48.2 Å². The molecule has 0 aliphatic heterocycles. The predicted molar refractivity (Wildman–Crippen MR) is 76.6 cm³/mol. The quantitative estimate of drug-likeness (QED) is 0.737. The van der Waals surface area contributed by atoms with Crippen LogP contribution in [0.5, 0.6) is 0 Å². The Morgan fingerprint density at radius 2 is 2.25 bits per heavy atom. The molecule has 104 valence electrons. The van der Waals surface area contributed by atoms with Crippen molar-refractivity contribution in [2.75, 3.05) is 11.9 Å². The SMILES string of the molecule is Cc1cccn2c(CNc3cnn(CCO)c3)cnc12. The number of aliphatic hydroxyl groups excluding tert-OH is 1. The minimum atomic E-state index is 0.0909. The zero-order valence-electron chi connectivity index (χ0n) is 11.3. The topological polar surface area (TPSA) is 67.4 Å². The molecule has 6 heteroatoms. The highest BCUT2D eigenvalue weighted by molar-refractivity contribution is 5.49. The molecule has 0 radical (unpaired) electrons. The van der Waals surface area contributed by atoms with Crippen LogP contribution < -0.4 is 5.32 Å². The molecule has 20 heavy (non-hydrogen) atoms. The highest BCUT2D eigenvalue weighted by Crippen LogP contribution is 2.13. The zero-order valence-corrected chi connectivity index (χ0v) is 11.3. The predicted octanol–water partition coefficient (Wildman–Crippen LogP) is 1.44. The Labute approximate surface area is 116 Å². The number of hydrogen-bond donors (Lipinski definition) is 2. The van der Waals surface area contributed by atoms with E-state index in [-0.39, 0.29) is 6.61 Å². The van der Waals surface area contributed by atoms with Crippen LogP contribution in [0.25, 0.3) is 5.65 Å². The van der Waals surface area contributed by atoms with Gasteiger partial charge in [-0.25, -0.2) is 4.98 Å². The van der Waals surface area contributed by atoms with Crippen molar-refractivity contribution in [1.29, 1.82) is 0 Å². The van der Waals surface area contributed by atoms with Crippen molar-refractivity contribution < 1.29 is 5.11 Å². The van der Waals surface area contributed by atoms with Crippen LogP contribution in [0.1, 0.15) is 11.3 Å². The van der Waals surface area contributed by atoms with E-state index in [4.69, 9.17) is 5.11 Å². The number of nitrogens with one attached hydrogen (secondary N) is 1. The Hall–Kier alpha value is -2.34. The van der Waals surface area contributed by atoms with E-state index in [1.54, 1.807) is 10.9 Å². The number of hydrogen-bond acceptors (Lipinski definition) is 4. The summed E-state index contributed by atoms with van der Waals surface area (Å²) in [4.78, 5) is 4.43.